The van der Waals surface area contributed by atoms with Crippen molar-refractivity contribution in [3.8, 4) is 0 Å². The molecular formula is C13H17FN2S2. The van der Waals surface area contributed by atoms with Gasteiger partial charge in [-0.25, -0.2) is 4.39 Å². The summed E-state index contributed by atoms with van der Waals surface area (Å²) in [6.45, 7) is 3.10. The second-order valence-corrected chi connectivity index (χ2v) is 6.94. The van der Waals surface area contributed by atoms with E-state index in [4.69, 9.17) is 18.0 Å². The number of hydrogen-bond donors (Lipinski definition) is 2. The van der Waals surface area contributed by atoms with Crippen molar-refractivity contribution in [2.24, 2.45) is 5.73 Å². The summed E-state index contributed by atoms with van der Waals surface area (Å²) in [5.41, 5.74) is 6.51. The molecular weight excluding hydrogens is 267 g/mol. The molecule has 1 aromatic carbocycles. The number of benzene rings is 1. The summed E-state index contributed by atoms with van der Waals surface area (Å²) in [5.74, 6) is 0.851. The van der Waals surface area contributed by atoms with Crippen LogP contribution in [0.4, 0.5) is 10.1 Å². The van der Waals surface area contributed by atoms with E-state index < -0.39 is 0 Å². The average Bonchev–Trinajstić information content (AvgIpc) is 2.74. The predicted octanol–water partition coefficient (Wildman–Crippen LogP) is 3.16. The molecule has 1 fully saturated rings. The molecule has 2 nitrogen and oxygen atoms in total. The van der Waals surface area contributed by atoms with E-state index in [-0.39, 0.29) is 15.6 Å². The Kier molecular flexibility index (Phi) is 4.12. The zero-order chi connectivity index (χ0) is 13.2. The fourth-order valence-corrected chi connectivity index (χ4v) is 3.50. The number of nitrogens with one attached hydrogen (secondary N) is 1. The van der Waals surface area contributed by atoms with E-state index in [2.05, 4.69) is 12.2 Å². The summed E-state index contributed by atoms with van der Waals surface area (Å²) in [4.78, 5) is 0.0948. The van der Waals surface area contributed by atoms with Crippen LogP contribution in [-0.2, 0) is 0 Å². The summed E-state index contributed by atoms with van der Waals surface area (Å²) in [6.07, 6.45) is 2.47. The zero-order valence-corrected chi connectivity index (χ0v) is 12.0. The van der Waals surface area contributed by atoms with E-state index in [0.29, 0.717) is 5.56 Å². The lowest BCUT2D eigenvalue weighted by Crippen LogP contribution is -2.27. The van der Waals surface area contributed by atoms with Gasteiger partial charge in [-0.3, -0.25) is 0 Å². The Bertz CT molecular complexity index is 456. The highest BCUT2D eigenvalue weighted by Gasteiger charge is 2.29. The molecule has 0 saturated carbocycles. The quantitative estimate of drug-likeness (QED) is 0.833. The van der Waals surface area contributed by atoms with Crippen molar-refractivity contribution < 1.29 is 4.39 Å². The maximum atomic E-state index is 13.7. The fourth-order valence-electron chi connectivity index (χ4n) is 2.09. The van der Waals surface area contributed by atoms with Gasteiger partial charge in [-0.05, 0) is 43.7 Å². The molecule has 0 radical (unpaired) electrons. The van der Waals surface area contributed by atoms with Gasteiger partial charge in [-0.1, -0.05) is 12.2 Å². The van der Waals surface area contributed by atoms with Crippen molar-refractivity contribution >= 4 is 34.7 Å². The first kappa shape index (κ1) is 13.6. The first-order valence-electron chi connectivity index (χ1n) is 5.97. The minimum atomic E-state index is -0.364. The third-order valence-corrected chi connectivity index (χ3v) is 4.96. The monoisotopic (exact) mass is 284 g/mol. The lowest BCUT2D eigenvalue weighted by atomic mass is 10.1. The molecule has 1 aliphatic rings. The molecule has 1 unspecified atom stereocenters. The van der Waals surface area contributed by atoms with Crippen LogP contribution in [-0.4, -0.2) is 22.0 Å². The predicted molar refractivity (Wildman–Crippen MR) is 80.9 cm³/mol. The second kappa shape index (κ2) is 5.45. The molecule has 18 heavy (non-hydrogen) atoms. The molecule has 0 aromatic heterocycles. The van der Waals surface area contributed by atoms with Gasteiger partial charge in [0.25, 0.3) is 0 Å². The molecule has 1 saturated heterocycles. The number of thiocarbonyl (C=S) groups is 1. The van der Waals surface area contributed by atoms with E-state index in [1.807, 2.05) is 17.8 Å². The van der Waals surface area contributed by atoms with Crippen LogP contribution in [0.15, 0.2) is 18.2 Å². The van der Waals surface area contributed by atoms with Gasteiger partial charge in [0, 0.05) is 22.5 Å². The number of anilines is 1. The van der Waals surface area contributed by atoms with Gasteiger partial charge < -0.3 is 11.1 Å². The molecule has 0 bridgehead atoms. The fraction of sp³-hybridized carbons (Fsp3) is 0.462. The topological polar surface area (TPSA) is 38.0 Å². The molecule has 2 rings (SSSR count). The number of rotatable bonds is 4. The van der Waals surface area contributed by atoms with Gasteiger partial charge in [-0.2, -0.15) is 11.8 Å². The normalized spacial score (nSPS) is 23.0. The van der Waals surface area contributed by atoms with E-state index in [1.54, 1.807) is 6.07 Å². The molecule has 1 heterocycles. The third kappa shape index (κ3) is 3.14. The van der Waals surface area contributed by atoms with E-state index in [9.17, 15) is 4.39 Å². The Morgan fingerprint density at radius 2 is 2.39 bits per heavy atom. The molecule has 1 aliphatic heterocycles. The van der Waals surface area contributed by atoms with Gasteiger partial charge in [0.2, 0.25) is 0 Å². The standard InChI is InChI=1S/C13H17FN2S2/c1-13(5-2-6-18-13)8-16-9-3-4-10(12(15)17)11(14)7-9/h3-4,7,16H,2,5-6,8H2,1H3,(H2,15,17). The van der Waals surface area contributed by atoms with Crippen LogP contribution in [0, 0.1) is 5.82 Å². The second-order valence-electron chi connectivity index (χ2n) is 4.81. The molecule has 0 aliphatic carbocycles. The van der Waals surface area contributed by atoms with Crippen LogP contribution in [0.5, 0.6) is 0 Å². The Labute approximate surface area is 117 Å². The van der Waals surface area contributed by atoms with Crippen molar-refractivity contribution in [2.45, 2.75) is 24.5 Å². The molecule has 0 spiro atoms. The molecule has 5 heteroatoms. The summed E-state index contributed by atoms with van der Waals surface area (Å²) in [7, 11) is 0. The molecule has 1 atom stereocenters. The van der Waals surface area contributed by atoms with Crippen LogP contribution in [0.2, 0.25) is 0 Å². The maximum Gasteiger partial charge on any atom is 0.135 e. The number of hydrogen-bond acceptors (Lipinski definition) is 3. The summed E-state index contributed by atoms with van der Waals surface area (Å²) >= 11 is 6.76. The van der Waals surface area contributed by atoms with Gasteiger partial charge in [-0.15, -0.1) is 0 Å². The summed E-state index contributed by atoms with van der Waals surface area (Å²) < 4.78 is 13.9. The number of thioether (sulfide) groups is 1. The summed E-state index contributed by atoms with van der Waals surface area (Å²) in [6, 6.07) is 4.90. The van der Waals surface area contributed by atoms with Crippen molar-refractivity contribution in [3.05, 3.63) is 29.6 Å². The van der Waals surface area contributed by atoms with Crippen LogP contribution >= 0.6 is 24.0 Å². The first-order chi connectivity index (χ1) is 8.50. The van der Waals surface area contributed by atoms with Gasteiger partial charge >= 0.3 is 0 Å². The largest absolute Gasteiger partial charge is 0.389 e. The highest BCUT2D eigenvalue weighted by Crippen LogP contribution is 2.37. The Balaban J connectivity index is 2.02. The van der Waals surface area contributed by atoms with Crippen LogP contribution < -0.4 is 11.1 Å². The highest BCUT2D eigenvalue weighted by molar-refractivity contribution is 8.00. The Hall–Kier alpha value is -0.810. The molecule has 98 valence electrons. The van der Waals surface area contributed by atoms with Crippen molar-refractivity contribution in [2.75, 3.05) is 17.6 Å². The number of halogens is 1. The van der Waals surface area contributed by atoms with E-state index >= 15 is 0 Å². The molecule has 1 aromatic rings. The van der Waals surface area contributed by atoms with Gasteiger partial charge in [0.1, 0.15) is 10.8 Å². The smallest absolute Gasteiger partial charge is 0.135 e. The SMILES string of the molecule is CC1(CNc2ccc(C(N)=S)c(F)c2)CCCS1. The maximum absolute atomic E-state index is 13.7. The van der Waals surface area contributed by atoms with Gasteiger partial charge in [0.15, 0.2) is 0 Å². The molecule has 0 amide bonds. The minimum absolute atomic E-state index is 0.0948. The number of nitrogens with two attached hydrogens (primary N) is 1. The van der Waals surface area contributed by atoms with Crippen molar-refractivity contribution in [3.63, 3.8) is 0 Å². The Morgan fingerprint density at radius 3 is 2.94 bits per heavy atom. The zero-order valence-electron chi connectivity index (χ0n) is 10.3. The summed E-state index contributed by atoms with van der Waals surface area (Å²) in [5, 5.41) is 3.29. The lowest BCUT2D eigenvalue weighted by molar-refractivity contribution is 0.622. The first-order valence-corrected chi connectivity index (χ1v) is 7.37. The van der Waals surface area contributed by atoms with Crippen molar-refractivity contribution in [1.29, 1.82) is 0 Å². The van der Waals surface area contributed by atoms with Crippen molar-refractivity contribution in [1.82, 2.24) is 0 Å². The van der Waals surface area contributed by atoms with Gasteiger partial charge in [0.05, 0.1) is 0 Å². The van der Waals surface area contributed by atoms with Crippen LogP contribution in [0.25, 0.3) is 0 Å². The van der Waals surface area contributed by atoms with E-state index in [1.165, 1.54) is 24.7 Å². The van der Waals surface area contributed by atoms with Crippen LogP contribution in [0.3, 0.4) is 0 Å². The Morgan fingerprint density at radius 1 is 1.61 bits per heavy atom. The highest BCUT2D eigenvalue weighted by atomic mass is 32.2. The molecule has 3 N–H and O–H groups in total. The van der Waals surface area contributed by atoms with Crippen LogP contribution in [0.1, 0.15) is 25.3 Å². The average molecular weight is 284 g/mol. The third-order valence-electron chi connectivity index (χ3n) is 3.20. The van der Waals surface area contributed by atoms with E-state index in [0.717, 1.165) is 12.2 Å². The minimum Gasteiger partial charge on any atom is -0.389 e. The lowest BCUT2D eigenvalue weighted by Gasteiger charge is -2.23.